The second kappa shape index (κ2) is 8.13. The molecule has 0 aliphatic heterocycles. The van der Waals surface area contributed by atoms with Crippen molar-refractivity contribution in [1.29, 1.82) is 0 Å². The van der Waals surface area contributed by atoms with Crippen LogP contribution in [0.2, 0.25) is 0 Å². The van der Waals surface area contributed by atoms with Crippen molar-refractivity contribution in [3.8, 4) is 0 Å². The molecule has 1 atom stereocenters. The number of carbonyl (C=O) groups is 3. The van der Waals surface area contributed by atoms with Crippen LogP contribution in [0.25, 0.3) is 0 Å². The Kier molecular flexibility index (Phi) is 6.14. The van der Waals surface area contributed by atoms with Crippen molar-refractivity contribution in [3.63, 3.8) is 0 Å². The van der Waals surface area contributed by atoms with Gasteiger partial charge in [0.05, 0.1) is 12.2 Å². The van der Waals surface area contributed by atoms with Gasteiger partial charge in [-0.1, -0.05) is 6.92 Å². The molecule has 2 heterocycles. The number of hydrogen-bond donors (Lipinski definition) is 2. The molecule has 0 bridgehead atoms. The van der Waals surface area contributed by atoms with Crippen LogP contribution in [-0.4, -0.2) is 39.3 Å². The van der Waals surface area contributed by atoms with Crippen LogP contribution in [0.5, 0.6) is 0 Å². The lowest BCUT2D eigenvalue weighted by atomic mass is 10.1. The number of aromatic nitrogens is 2. The van der Waals surface area contributed by atoms with Crippen molar-refractivity contribution in [3.05, 3.63) is 34.0 Å². The van der Waals surface area contributed by atoms with E-state index in [1.54, 1.807) is 6.92 Å². The molecule has 2 rings (SSSR count). The largest absolute Gasteiger partial charge is 0.480 e. The third-order valence-corrected chi connectivity index (χ3v) is 4.93. The van der Waals surface area contributed by atoms with Crippen LogP contribution in [-0.2, 0) is 16.0 Å². The van der Waals surface area contributed by atoms with Crippen LogP contribution >= 0.6 is 11.3 Å². The monoisotopic (exact) mass is 379 g/mol. The van der Waals surface area contributed by atoms with Crippen LogP contribution in [0.3, 0.4) is 0 Å². The number of thiophene rings is 1. The molecule has 0 aliphatic carbocycles. The standard InChI is InChI=1S/C17H21N3O5S/c1-5-11-10(4)26-15(13(11)17(24)25-6-2)18-14(21)12-7-8-20(19-12)9(3)16(22)23/h7-9H,5-6H2,1-4H3,(H,18,21)(H,22,23). The number of hydrogen-bond acceptors (Lipinski definition) is 6. The molecule has 2 N–H and O–H groups in total. The Morgan fingerprint density at radius 2 is 2.08 bits per heavy atom. The van der Waals surface area contributed by atoms with E-state index in [4.69, 9.17) is 9.84 Å². The number of nitrogens with zero attached hydrogens (tertiary/aromatic N) is 2. The van der Waals surface area contributed by atoms with Gasteiger partial charge in [0.25, 0.3) is 5.91 Å². The van der Waals surface area contributed by atoms with Crippen molar-refractivity contribution < 1.29 is 24.2 Å². The second-order valence-corrected chi connectivity index (χ2v) is 6.79. The number of nitrogens with one attached hydrogen (secondary N) is 1. The van der Waals surface area contributed by atoms with E-state index < -0.39 is 23.9 Å². The summed E-state index contributed by atoms with van der Waals surface area (Å²) in [6, 6.07) is 0.544. The zero-order chi connectivity index (χ0) is 19.4. The molecular formula is C17H21N3O5S. The number of aryl methyl sites for hydroxylation is 1. The Bertz CT molecular complexity index is 840. The highest BCUT2D eigenvalue weighted by atomic mass is 32.1. The number of esters is 1. The Balaban J connectivity index is 2.29. The normalized spacial score (nSPS) is 11.8. The van der Waals surface area contributed by atoms with Crippen LogP contribution in [0.1, 0.15) is 58.1 Å². The lowest BCUT2D eigenvalue weighted by Gasteiger charge is -2.07. The Labute approximate surface area is 154 Å². The average Bonchev–Trinajstić information content (AvgIpc) is 3.18. The summed E-state index contributed by atoms with van der Waals surface area (Å²) in [4.78, 5) is 36.7. The van der Waals surface area contributed by atoms with Gasteiger partial charge in [-0.3, -0.25) is 9.48 Å². The smallest absolute Gasteiger partial charge is 0.341 e. The van der Waals surface area contributed by atoms with Gasteiger partial charge in [-0.25, -0.2) is 9.59 Å². The number of ether oxygens (including phenoxy) is 1. The van der Waals surface area contributed by atoms with Gasteiger partial charge in [-0.2, -0.15) is 5.10 Å². The molecule has 26 heavy (non-hydrogen) atoms. The van der Waals surface area contributed by atoms with Gasteiger partial charge < -0.3 is 15.2 Å². The van der Waals surface area contributed by atoms with E-state index in [0.717, 1.165) is 10.4 Å². The van der Waals surface area contributed by atoms with E-state index in [-0.39, 0.29) is 12.3 Å². The van der Waals surface area contributed by atoms with Crippen molar-refractivity contribution in [2.24, 2.45) is 0 Å². The zero-order valence-corrected chi connectivity index (χ0v) is 15.8. The summed E-state index contributed by atoms with van der Waals surface area (Å²) in [6.07, 6.45) is 2.06. The number of carbonyl (C=O) groups excluding carboxylic acids is 2. The first-order valence-electron chi connectivity index (χ1n) is 8.18. The Hall–Kier alpha value is -2.68. The number of anilines is 1. The molecule has 0 fully saturated rings. The van der Waals surface area contributed by atoms with Gasteiger partial charge in [-0.15, -0.1) is 11.3 Å². The van der Waals surface area contributed by atoms with E-state index >= 15 is 0 Å². The highest BCUT2D eigenvalue weighted by molar-refractivity contribution is 7.16. The molecule has 1 amide bonds. The first-order chi connectivity index (χ1) is 12.3. The molecule has 1 unspecified atom stereocenters. The molecule has 0 spiro atoms. The summed E-state index contributed by atoms with van der Waals surface area (Å²) in [5.74, 6) is -2.05. The van der Waals surface area contributed by atoms with Crippen LogP contribution in [0, 0.1) is 6.92 Å². The third kappa shape index (κ3) is 3.93. The molecule has 0 saturated carbocycles. The summed E-state index contributed by atoms with van der Waals surface area (Å²) < 4.78 is 6.30. The van der Waals surface area contributed by atoms with E-state index in [1.807, 2.05) is 13.8 Å². The van der Waals surface area contributed by atoms with Gasteiger partial charge in [0.15, 0.2) is 5.69 Å². The van der Waals surface area contributed by atoms with Crippen LogP contribution < -0.4 is 5.32 Å². The SMILES string of the molecule is CCOC(=O)c1c(NC(=O)c2ccn(C(C)C(=O)O)n2)sc(C)c1CC. The fourth-order valence-electron chi connectivity index (χ4n) is 2.47. The maximum Gasteiger partial charge on any atom is 0.341 e. The van der Waals surface area contributed by atoms with E-state index in [9.17, 15) is 14.4 Å². The topological polar surface area (TPSA) is 111 Å². The van der Waals surface area contributed by atoms with Crippen molar-refractivity contribution in [2.75, 3.05) is 11.9 Å². The second-order valence-electron chi connectivity index (χ2n) is 5.56. The summed E-state index contributed by atoms with van der Waals surface area (Å²) in [5, 5.41) is 16.1. The summed E-state index contributed by atoms with van der Waals surface area (Å²) >= 11 is 1.30. The molecular weight excluding hydrogens is 358 g/mol. The molecule has 8 nitrogen and oxygen atoms in total. The number of amides is 1. The lowest BCUT2D eigenvalue weighted by molar-refractivity contribution is -0.140. The summed E-state index contributed by atoms with van der Waals surface area (Å²) in [5.41, 5.74) is 1.27. The van der Waals surface area contributed by atoms with Gasteiger partial charge in [-0.05, 0) is 38.8 Å². The minimum Gasteiger partial charge on any atom is -0.480 e. The number of aliphatic carboxylic acids is 1. The molecule has 9 heteroatoms. The first kappa shape index (κ1) is 19.6. The average molecular weight is 379 g/mol. The van der Waals surface area contributed by atoms with E-state index in [0.29, 0.717) is 17.0 Å². The van der Waals surface area contributed by atoms with Gasteiger partial charge >= 0.3 is 11.9 Å². The molecule has 0 radical (unpaired) electrons. The highest BCUT2D eigenvalue weighted by Crippen LogP contribution is 2.34. The predicted octanol–water partition coefficient (Wildman–Crippen LogP) is 2.89. The minimum atomic E-state index is -1.05. The summed E-state index contributed by atoms with van der Waals surface area (Å²) in [7, 11) is 0. The number of carboxylic acid groups (broad SMARTS) is 1. The molecule has 0 aromatic carbocycles. The molecule has 2 aromatic rings. The lowest BCUT2D eigenvalue weighted by Crippen LogP contribution is -2.19. The predicted molar refractivity (Wildman–Crippen MR) is 96.9 cm³/mol. The van der Waals surface area contributed by atoms with Gasteiger partial charge in [0.1, 0.15) is 11.0 Å². The van der Waals surface area contributed by atoms with E-state index in [1.165, 1.54) is 35.2 Å². The van der Waals surface area contributed by atoms with Crippen molar-refractivity contribution >= 4 is 34.2 Å². The quantitative estimate of drug-likeness (QED) is 0.716. The van der Waals surface area contributed by atoms with E-state index in [2.05, 4.69) is 10.4 Å². The fourth-order valence-corrected chi connectivity index (χ4v) is 3.59. The number of carboxylic acids is 1. The van der Waals surface area contributed by atoms with Gasteiger partial charge in [0, 0.05) is 11.1 Å². The fraction of sp³-hybridized carbons (Fsp3) is 0.412. The number of rotatable bonds is 7. The highest BCUT2D eigenvalue weighted by Gasteiger charge is 2.24. The van der Waals surface area contributed by atoms with Gasteiger partial charge in [0.2, 0.25) is 0 Å². The maximum absolute atomic E-state index is 12.5. The molecule has 2 aromatic heterocycles. The molecule has 0 saturated heterocycles. The van der Waals surface area contributed by atoms with Crippen molar-refractivity contribution in [2.45, 2.75) is 40.2 Å². The van der Waals surface area contributed by atoms with Crippen molar-refractivity contribution in [1.82, 2.24) is 9.78 Å². The summed E-state index contributed by atoms with van der Waals surface area (Å²) in [6.45, 7) is 7.23. The Morgan fingerprint density at radius 1 is 1.38 bits per heavy atom. The third-order valence-electron chi connectivity index (χ3n) is 3.86. The zero-order valence-electron chi connectivity index (χ0n) is 15.0. The van der Waals surface area contributed by atoms with Crippen LogP contribution in [0.15, 0.2) is 12.3 Å². The maximum atomic E-state index is 12.5. The first-order valence-corrected chi connectivity index (χ1v) is 9.00. The minimum absolute atomic E-state index is 0.0667. The Morgan fingerprint density at radius 3 is 2.65 bits per heavy atom. The van der Waals surface area contributed by atoms with Crippen LogP contribution in [0.4, 0.5) is 5.00 Å². The molecule has 140 valence electrons. The molecule has 0 aliphatic rings.